The molecule has 7 heteroatoms. The van der Waals surface area contributed by atoms with E-state index in [4.69, 9.17) is 4.98 Å². The molecule has 0 saturated heterocycles. The summed E-state index contributed by atoms with van der Waals surface area (Å²) < 4.78 is 0. The third-order valence-corrected chi connectivity index (χ3v) is 5.15. The van der Waals surface area contributed by atoms with E-state index in [9.17, 15) is 0 Å². The van der Waals surface area contributed by atoms with Crippen LogP contribution in [0.3, 0.4) is 0 Å². The minimum absolute atomic E-state index is 0.524. The smallest absolute Gasteiger partial charge is 0.243 e. The number of nitrogens with zero attached hydrogens (tertiary/aromatic N) is 4. The summed E-state index contributed by atoms with van der Waals surface area (Å²) in [6.07, 6.45) is 3.54. The van der Waals surface area contributed by atoms with Crippen LogP contribution in [0.1, 0.15) is 5.56 Å². The first-order valence-electron chi connectivity index (χ1n) is 7.35. The van der Waals surface area contributed by atoms with E-state index in [1.165, 1.54) is 0 Å². The van der Waals surface area contributed by atoms with Crippen molar-refractivity contribution in [2.24, 2.45) is 0 Å². The van der Waals surface area contributed by atoms with Gasteiger partial charge in [-0.2, -0.15) is 0 Å². The second-order valence-corrected chi connectivity index (χ2v) is 6.89. The third kappa shape index (κ3) is 3.17. The lowest BCUT2D eigenvalue weighted by Gasteiger charge is -2.08. The van der Waals surface area contributed by atoms with E-state index in [2.05, 4.69) is 26.6 Å². The molecule has 118 valence electrons. The van der Waals surface area contributed by atoms with E-state index in [1.54, 1.807) is 35.1 Å². The number of thiophene rings is 2. The lowest BCUT2D eigenvalue weighted by Crippen LogP contribution is -2.06. The van der Waals surface area contributed by atoms with Crippen molar-refractivity contribution < 1.29 is 0 Å². The van der Waals surface area contributed by atoms with Gasteiger partial charge in [0.25, 0.3) is 0 Å². The van der Waals surface area contributed by atoms with Crippen molar-refractivity contribution in [3.05, 3.63) is 65.1 Å². The maximum absolute atomic E-state index is 4.70. The predicted molar refractivity (Wildman–Crippen MR) is 98.0 cm³/mol. The van der Waals surface area contributed by atoms with Gasteiger partial charge in [0.15, 0.2) is 0 Å². The van der Waals surface area contributed by atoms with Gasteiger partial charge < -0.3 is 5.32 Å². The molecule has 0 atom stereocenters. The molecule has 0 aliphatic heterocycles. The van der Waals surface area contributed by atoms with Crippen molar-refractivity contribution in [2.45, 2.75) is 6.54 Å². The summed E-state index contributed by atoms with van der Waals surface area (Å²) >= 11 is 3.29. The quantitative estimate of drug-likeness (QED) is 0.579. The van der Waals surface area contributed by atoms with Crippen molar-refractivity contribution in [2.75, 3.05) is 5.32 Å². The molecule has 0 aliphatic rings. The van der Waals surface area contributed by atoms with Crippen LogP contribution in [0.4, 0.5) is 5.95 Å². The highest BCUT2D eigenvalue weighted by Crippen LogP contribution is 2.33. The highest BCUT2D eigenvalue weighted by molar-refractivity contribution is 7.14. The Bertz CT molecular complexity index is 906. The van der Waals surface area contributed by atoms with Crippen LogP contribution in [0.15, 0.2) is 59.6 Å². The summed E-state index contributed by atoms with van der Waals surface area (Å²) in [5.74, 6) is 0.524. The first-order valence-corrected chi connectivity index (χ1v) is 9.11. The van der Waals surface area contributed by atoms with Gasteiger partial charge in [0.1, 0.15) is 11.4 Å². The molecule has 0 bridgehead atoms. The summed E-state index contributed by atoms with van der Waals surface area (Å²) in [6, 6.07) is 12.0. The van der Waals surface area contributed by atoms with E-state index >= 15 is 0 Å². The molecule has 0 spiro atoms. The molecule has 0 fully saturated rings. The topological polar surface area (TPSA) is 63.6 Å². The zero-order chi connectivity index (χ0) is 16.2. The van der Waals surface area contributed by atoms with Gasteiger partial charge in [0, 0.05) is 18.9 Å². The Balaban J connectivity index is 1.66. The maximum atomic E-state index is 4.70. The molecular formula is C17H13N5S2. The summed E-state index contributed by atoms with van der Waals surface area (Å²) in [5, 5.41) is 16.0. The largest absolute Gasteiger partial charge is 0.349 e. The molecular weight excluding hydrogens is 338 g/mol. The summed E-state index contributed by atoms with van der Waals surface area (Å²) in [7, 11) is 0. The highest BCUT2D eigenvalue weighted by Gasteiger charge is 2.15. The van der Waals surface area contributed by atoms with Gasteiger partial charge >= 0.3 is 0 Å². The van der Waals surface area contributed by atoms with Gasteiger partial charge in [-0.15, -0.1) is 32.9 Å². The van der Waals surface area contributed by atoms with Crippen molar-refractivity contribution in [1.82, 2.24) is 20.2 Å². The van der Waals surface area contributed by atoms with Crippen LogP contribution in [0.25, 0.3) is 21.1 Å². The fraction of sp³-hybridized carbons (Fsp3) is 0.0588. The van der Waals surface area contributed by atoms with Gasteiger partial charge in [-0.05, 0) is 40.6 Å². The number of hydrogen-bond acceptors (Lipinski definition) is 7. The van der Waals surface area contributed by atoms with E-state index in [0.717, 1.165) is 26.7 Å². The zero-order valence-electron chi connectivity index (χ0n) is 12.6. The summed E-state index contributed by atoms with van der Waals surface area (Å²) in [4.78, 5) is 10.9. The first kappa shape index (κ1) is 14.9. The molecule has 4 aromatic heterocycles. The molecule has 4 heterocycles. The van der Waals surface area contributed by atoms with Gasteiger partial charge in [0.05, 0.1) is 9.75 Å². The SMILES string of the molecule is c1csc(-c2nnc(NCc3ccncc3)nc2-c2cccs2)c1. The molecule has 0 amide bonds. The molecule has 0 unspecified atom stereocenters. The van der Waals surface area contributed by atoms with Crippen LogP contribution in [-0.4, -0.2) is 20.2 Å². The highest BCUT2D eigenvalue weighted by atomic mass is 32.1. The maximum Gasteiger partial charge on any atom is 0.243 e. The molecule has 4 aromatic rings. The molecule has 0 radical (unpaired) electrons. The average molecular weight is 351 g/mol. The zero-order valence-corrected chi connectivity index (χ0v) is 14.2. The van der Waals surface area contributed by atoms with Crippen LogP contribution in [-0.2, 0) is 6.54 Å². The Hall–Kier alpha value is -2.64. The minimum Gasteiger partial charge on any atom is -0.349 e. The lowest BCUT2D eigenvalue weighted by atomic mass is 10.2. The molecule has 4 rings (SSSR count). The lowest BCUT2D eigenvalue weighted by molar-refractivity contribution is 0.956. The fourth-order valence-corrected chi connectivity index (χ4v) is 3.67. The van der Waals surface area contributed by atoms with E-state index < -0.39 is 0 Å². The standard InChI is InChI=1S/C17H13N5S2/c1-3-13(23-9-1)15-16(14-4-2-10-24-14)21-22-17(20-15)19-11-12-5-7-18-8-6-12/h1-10H,11H2,(H,19,20,22). The Labute approximate surface area is 147 Å². The van der Waals surface area contributed by atoms with E-state index in [1.807, 2.05) is 41.1 Å². The van der Waals surface area contributed by atoms with E-state index in [0.29, 0.717) is 12.5 Å². The van der Waals surface area contributed by atoms with Crippen molar-refractivity contribution in [3.63, 3.8) is 0 Å². The predicted octanol–water partition coefficient (Wildman–Crippen LogP) is 4.34. The van der Waals surface area contributed by atoms with E-state index in [-0.39, 0.29) is 0 Å². The van der Waals surface area contributed by atoms with Gasteiger partial charge in [-0.1, -0.05) is 12.1 Å². The minimum atomic E-state index is 0.524. The van der Waals surface area contributed by atoms with Gasteiger partial charge in [-0.25, -0.2) is 4.98 Å². The number of rotatable bonds is 5. The van der Waals surface area contributed by atoms with Crippen molar-refractivity contribution in [1.29, 1.82) is 0 Å². The fourth-order valence-electron chi connectivity index (χ4n) is 2.25. The van der Waals surface area contributed by atoms with Gasteiger partial charge in [0.2, 0.25) is 5.95 Å². The monoisotopic (exact) mass is 351 g/mol. The second kappa shape index (κ2) is 6.86. The van der Waals surface area contributed by atoms with Crippen LogP contribution < -0.4 is 5.32 Å². The molecule has 24 heavy (non-hydrogen) atoms. The summed E-state index contributed by atoms with van der Waals surface area (Å²) in [5.41, 5.74) is 2.80. The molecule has 0 saturated carbocycles. The average Bonchev–Trinajstić information content (AvgIpc) is 3.34. The van der Waals surface area contributed by atoms with Gasteiger partial charge in [-0.3, -0.25) is 4.98 Å². The van der Waals surface area contributed by atoms with Crippen molar-refractivity contribution >= 4 is 28.6 Å². The number of nitrogens with one attached hydrogen (secondary N) is 1. The van der Waals surface area contributed by atoms with Crippen LogP contribution in [0.5, 0.6) is 0 Å². The van der Waals surface area contributed by atoms with Crippen LogP contribution in [0, 0.1) is 0 Å². The Morgan fingerprint density at radius 1 is 0.833 bits per heavy atom. The number of aromatic nitrogens is 4. The third-order valence-electron chi connectivity index (χ3n) is 3.40. The van der Waals surface area contributed by atoms with Crippen molar-refractivity contribution in [3.8, 4) is 21.1 Å². The Morgan fingerprint density at radius 3 is 2.21 bits per heavy atom. The molecule has 1 N–H and O–H groups in total. The Kier molecular flexibility index (Phi) is 4.26. The van der Waals surface area contributed by atoms with Crippen LogP contribution in [0.2, 0.25) is 0 Å². The number of pyridine rings is 1. The number of hydrogen-bond donors (Lipinski definition) is 1. The molecule has 5 nitrogen and oxygen atoms in total. The molecule has 0 aromatic carbocycles. The Morgan fingerprint density at radius 2 is 1.54 bits per heavy atom. The second-order valence-electron chi connectivity index (χ2n) is 5.00. The summed E-state index contributed by atoms with van der Waals surface area (Å²) in [6.45, 7) is 0.631. The van der Waals surface area contributed by atoms with Crippen LogP contribution >= 0.6 is 22.7 Å². The normalized spacial score (nSPS) is 10.7. The number of anilines is 1. The first-order chi connectivity index (χ1) is 11.9. The molecule has 0 aliphatic carbocycles.